The highest BCUT2D eigenvalue weighted by atomic mass is 32.3. The molecule has 1 rings (SSSR count). The first kappa shape index (κ1) is 33.3. The zero-order chi connectivity index (χ0) is 22.8. The van der Waals surface area contributed by atoms with Gasteiger partial charge in [0, 0.05) is 51.8 Å². The molecule has 0 aromatic rings. The van der Waals surface area contributed by atoms with Crippen molar-refractivity contribution in [3.05, 3.63) is 0 Å². The summed E-state index contributed by atoms with van der Waals surface area (Å²) in [6.45, 7) is 0. The van der Waals surface area contributed by atoms with Crippen molar-refractivity contribution in [3.63, 3.8) is 0 Å². The van der Waals surface area contributed by atoms with Crippen LogP contribution in [0.5, 0.6) is 0 Å². The van der Waals surface area contributed by atoms with Gasteiger partial charge >= 0.3 is 0 Å². The summed E-state index contributed by atoms with van der Waals surface area (Å²) < 4.78 is 0.930. The van der Waals surface area contributed by atoms with Crippen LogP contribution >= 0.6 is 184 Å². The van der Waals surface area contributed by atoms with Gasteiger partial charge in [0.2, 0.25) is 0 Å². The Bertz CT molecular complexity index is 392. The summed E-state index contributed by atoms with van der Waals surface area (Å²) in [7, 11) is 0. The lowest BCUT2D eigenvalue weighted by Crippen LogP contribution is -2.30. The molecule has 1 heterocycles. The van der Waals surface area contributed by atoms with Crippen LogP contribution in [0.25, 0.3) is 0 Å². The van der Waals surface area contributed by atoms with E-state index in [4.69, 9.17) is 37.9 Å². The number of rotatable bonds is 15. The molecule has 30 heavy (non-hydrogen) atoms. The van der Waals surface area contributed by atoms with Crippen LogP contribution < -0.4 is 0 Å². The van der Waals surface area contributed by atoms with Crippen LogP contribution in [0.2, 0.25) is 0 Å². The lowest BCUT2D eigenvalue weighted by Gasteiger charge is -2.37. The number of hydrogen-bond acceptors (Lipinski definition) is 15. The van der Waals surface area contributed by atoms with Crippen molar-refractivity contribution in [1.29, 1.82) is 0 Å². The summed E-state index contributed by atoms with van der Waals surface area (Å²) in [5, 5.41) is 0. The molecule has 0 amide bonds. The minimum Gasteiger partial charge on any atom is -0.177 e. The van der Waals surface area contributed by atoms with E-state index in [1.165, 1.54) is 0 Å². The Hall–Kier alpha value is 5.25. The van der Waals surface area contributed by atoms with Gasteiger partial charge in [0.05, 0.1) is 26.0 Å². The summed E-state index contributed by atoms with van der Waals surface area (Å²) >= 11 is 53.0. The van der Waals surface area contributed by atoms with E-state index < -0.39 is 0 Å². The van der Waals surface area contributed by atoms with Crippen molar-refractivity contribution in [3.8, 4) is 0 Å². The molecule has 15 heteroatoms. The van der Waals surface area contributed by atoms with Crippen LogP contribution in [-0.4, -0.2) is 77.8 Å². The Morgan fingerprint density at radius 1 is 0.467 bits per heavy atom. The molecule has 0 nitrogen and oxygen atoms in total. The molecule has 180 valence electrons. The maximum absolute atomic E-state index is 4.80. The normalized spacial score (nSPS) is 23.7. The molecule has 0 bridgehead atoms. The average Bonchev–Trinajstić information content (AvgIpc) is 2.79. The third kappa shape index (κ3) is 12.2. The first-order chi connectivity index (χ1) is 14.1. The fourth-order valence-corrected chi connectivity index (χ4v) is 15.3. The van der Waals surface area contributed by atoms with Crippen molar-refractivity contribution < 1.29 is 0 Å². The van der Waals surface area contributed by atoms with Gasteiger partial charge in [0.15, 0.2) is 0 Å². The lowest BCUT2D eigenvalue weighted by atomic mass is 10.5. The molecule has 0 N–H and O–H groups in total. The molecule has 1 saturated heterocycles. The first-order valence-corrected chi connectivity index (χ1v) is 19.7. The van der Waals surface area contributed by atoms with E-state index in [0.29, 0.717) is 48.3 Å². The van der Waals surface area contributed by atoms with Gasteiger partial charge in [-0.15, -0.1) is 70.6 Å². The van der Waals surface area contributed by atoms with Crippen LogP contribution in [0.3, 0.4) is 0 Å². The third-order valence-corrected chi connectivity index (χ3v) is 22.1. The Morgan fingerprint density at radius 2 is 0.667 bits per heavy atom. The fourth-order valence-electron chi connectivity index (χ4n) is 1.93. The summed E-state index contributed by atoms with van der Waals surface area (Å²) in [4.78, 5) is 0. The highest BCUT2D eigenvalue weighted by molar-refractivity contribution is 8.35. The number of hydrogen-bond donors (Lipinski definition) is 9. The molecular weight excluding hydrogens is 661 g/mol. The summed E-state index contributed by atoms with van der Waals surface area (Å²) in [6, 6.07) is 0. The Kier molecular flexibility index (Phi) is 18.8. The molecule has 0 aliphatic carbocycles. The maximum Gasteiger partial charge on any atom is 0.0756 e. The van der Waals surface area contributed by atoms with Gasteiger partial charge in [-0.05, 0) is 0 Å². The van der Waals surface area contributed by atoms with E-state index in [1.54, 1.807) is 0 Å². The Labute approximate surface area is 258 Å². The molecule has 0 unspecified atom stereocenters. The largest absolute Gasteiger partial charge is 0.177 e. The highest BCUT2D eigenvalue weighted by Crippen LogP contribution is 2.52. The van der Waals surface area contributed by atoms with Crippen molar-refractivity contribution in [2.24, 2.45) is 0 Å². The second kappa shape index (κ2) is 17.0. The van der Waals surface area contributed by atoms with Crippen LogP contribution in [0.1, 0.15) is 0 Å². The molecular formula is C15H30S15. The topological polar surface area (TPSA) is 0 Å². The maximum atomic E-state index is 4.80. The van der Waals surface area contributed by atoms with Crippen LogP contribution in [0.15, 0.2) is 0 Å². The van der Waals surface area contributed by atoms with Gasteiger partial charge in [-0.2, -0.15) is 114 Å². The molecule has 0 radical (unpaired) electrons. The van der Waals surface area contributed by atoms with Crippen molar-refractivity contribution in [2.75, 3.05) is 51.8 Å². The SMILES string of the molecule is SCC(S)(CS)SCC1SC(CSC(S)(CS)CS)SC(CSC(S)(CS)CS)S1. The van der Waals surface area contributed by atoms with Gasteiger partial charge in [-0.3, -0.25) is 0 Å². The minimum atomic E-state index is -0.191. The molecule has 0 aromatic heterocycles. The van der Waals surface area contributed by atoms with E-state index in [-0.39, 0.29) is 12.2 Å². The van der Waals surface area contributed by atoms with E-state index in [2.05, 4.69) is 111 Å². The smallest absolute Gasteiger partial charge is 0.0756 e. The molecule has 0 atom stereocenters. The molecule has 1 aliphatic rings. The number of thioether (sulfide) groups is 6. The van der Waals surface area contributed by atoms with Gasteiger partial charge < -0.3 is 0 Å². The minimum absolute atomic E-state index is 0.191. The predicted octanol–water partition coefficient (Wildman–Crippen LogP) is 6.83. The third-order valence-electron chi connectivity index (χ3n) is 3.86. The quantitative estimate of drug-likeness (QED) is 0.0678. The van der Waals surface area contributed by atoms with Gasteiger partial charge in [0.1, 0.15) is 0 Å². The van der Waals surface area contributed by atoms with E-state index in [1.807, 2.05) is 35.3 Å². The fraction of sp³-hybridized carbons (Fsp3) is 1.00. The van der Waals surface area contributed by atoms with Gasteiger partial charge in [0.25, 0.3) is 0 Å². The van der Waals surface area contributed by atoms with Gasteiger partial charge in [-0.25, -0.2) is 0 Å². The molecule has 0 saturated carbocycles. The molecule has 0 spiro atoms. The summed E-state index contributed by atoms with van der Waals surface area (Å²) in [5.74, 6) is 7.32. The lowest BCUT2D eigenvalue weighted by molar-refractivity contribution is 1.07. The van der Waals surface area contributed by atoms with E-state index >= 15 is 0 Å². The monoisotopic (exact) mass is 690 g/mol. The second-order valence-corrected chi connectivity index (χ2v) is 21.1. The predicted molar refractivity (Wildman–Crippen MR) is 190 cm³/mol. The van der Waals surface area contributed by atoms with Crippen LogP contribution in [0.4, 0.5) is 0 Å². The van der Waals surface area contributed by atoms with Crippen molar-refractivity contribution in [2.45, 2.75) is 26.0 Å². The van der Waals surface area contributed by atoms with E-state index in [0.717, 1.165) is 17.3 Å². The molecule has 0 aromatic carbocycles. The second-order valence-electron chi connectivity index (χ2n) is 6.42. The zero-order valence-corrected chi connectivity index (χ0v) is 29.0. The number of thiol groups is 9. The Balaban J connectivity index is 2.77. The summed E-state index contributed by atoms with van der Waals surface area (Å²) in [5.41, 5.74) is 0. The van der Waals surface area contributed by atoms with Crippen molar-refractivity contribution >= 4 is 184 Å². The average molecular weight is 691 g/mol. The highest BCUT2D eigenvalue weighted by Gasteiger charge is 2.36. The standard InChI is InChI=1S/C15H30S15/c16-4-13(22,5-17)25-1-10-28-11(2-26-14(23,6-18)7-19)30-12(29-10)3-27-15(24,8-20)9-21/h10-12,16-24H,1-9H2. The van der Waals surface area contributed by atoms with Crippen LogP contribution in [0, 0.1) is 0 Å². The van der Waals surface area contributed by atoms with Crippen LogP contribution in [-0.2, 0) is 0 Å². The molecule has 1 aliphatic heterocycles. The zero-order valence-electron chi connectivity index (χ0n) is 16.1. The summed E-state index contributed by atoms with van der Waals surface area (Å²) in [6.07, 6.45) is 0. The Morgan fingerprint density at radius 3 is 0.833 bits per heavy atom. The first-order valence-electron chi connectivity index (χ1n) is 8.81. The van der Waals surface area contributed by atoms with E-state index in [9.17, 15) is 0 Å². The van der Waals surface area contributed by atoms with Crippen molar-refractivity contribution in [1.82, 2.24) is 0 Å². The molecule has 1 fully saturated rings. The van der Waals surface area contributed by atoms with Gasteiger partial charge in [-0.1, -0.05) is 0 Å².